The predicted octanol–water partition coefficient (Wildman–Crippen LogP) is 2.41. The van der Waals surface area contributed by atoms with Gasteiger partial charge in [-0.25, -0.2) is 0 Å². The van der Waals surface area contributed by atoms with Crippen molar-refractivity contribution in [3.05, 3.63) is 0 Å². The Morgan fingerprint density at radius 2 is 2.00 bits per heavy atom. The van der Waals surface area contributed by atoms with E-state index in [1.807, 2.05) is 6.92 Å². The van der Waals surface area contributed by atoms with E-state index in [0.717, 1.165) is 58.5 Å². The van der Waals surface area contributed by atoms with Gasteiger partial charge in [0.05, 0.1) is 12.7 Å². The van der Waals surface area contributed by atoms with Gasteiger partial charge in [0.15, 0.2) is 0 Å². The Balaban J connectivity index is 3.84. The van der Waals surface area contributed by atoms with Crippen LogP contribution in [0, 0.1) is 11.3 Å². The van der Waals surface area contributed by atoms with Crippen LogP contribution >= 0.6 is 0 Å². The minimum atomic E-state index is -0.362. The molecule has 0 saturated carbocycles. The van der Waals surface area contributed by atoms with Gasteiger partial charge in [-0.15, -0.1) is 0 Å². The molecule has 4 heteroatoms. The van der Waals surface area contributed by atoms with E-state index in [4.69, 9.17) is 4.74 Å². The molecule has 1 atom stereocenters. The maximum atomic E-state index is 9.24. The van der Waals surface area contributed by atoms with Crippen molar-refractivity contribution in [1.82, 2.24) is 10.2 Å². The number of hydrogen-bond acceptors (Lipinski definition) is 4. The zero-order valence-electron chi connectivity index (χ0n) is 13.2. The molecule has 0 bridgehead atoms. The summed E-state index contributed by atoms with van der Waals surface area (Å²) in [7, 11) is 1.74. The van der Waals surface area contributed by atoms with Crippen LogP contribution in [0.25, 0.3) is 0 Å². The first kappa shape index (κ1) is 18.4. The number of hydrogen-bond donors (Lipinski definition) is 1. The van der Waals surface area contributed by atoms with E-state index in [2.05, 4.69) is 30.1 Å². The Hall–Kier alpha value is -0.630. The molecule has 0 aliphatic heterocycles. The molecule has 0 radical (unpaired) electrons. The number of nitrogens with one attached hydrogen (secondary N) is 1. The fourth-order valence-electron chi connectivity index (χ4n) is 2.05. The van der Waals surface area contributed by atoms with Gasteiger partial charge in [0.25, 0.3) is 0 Å². The Kier molecular flexibility index (Phi) is 10.8. The molecule has 0 aromatic rings. The maximum Gasteiger partial charge on any atom is 0.103 e. The second kappa shape index (κ2) is 11.2. The number of nitriles is 1. The highest BCUT2D eigenvalue weighted by atomic mass is 16.5. The van der Waals surface area contributed by atoms with E-state index in [9.17, 15) is 5.26 Å². The van der Waals surface area contributed by atoms with Crippen molar-refractivity contribution in [2.45, 2.75) is 52.0 Å². The lowest BCUT2D eigenvalue weighted by molar-refractivity contribution is 0.149. The minimum absolute atomic E-state index is 0.362. The molecule has 0 fully saturated rings. The van der Waals surface area contributed by atoms with Crippen LogP contribution in [0.15, 0.2) is 0 Å². The van der Waals surface area contributed by atoms with Crippen molar-refractivity contribution in [2.24, 2.45) is 0 Å². The van der Waals surface area contributed by atoms with Crippen LogP contribution in [0.2, 0.25) is 0 Å². The van der Waals surface area contributed by atoms with Gasteiger partial charge in [-0.3, -0.25) is 5.32 Å². The average Bonchev–Trinajstić information content (AvgIpc) is 2.44. The average molecular weight is 269 g/mol. The normalized spacial score (nSPS) is 14.3. The molecule has 0 aliphatic rings. The third-order valence-electron chi connectivity index (χ3n) is 3.47. The smallest absolute Gasteiger partial charge is 0.103 e. The lowest BCUT2D eigenvalue weighted by Gasteiger charge is -2.24. The first-order valence-electron chi connectivity index (χ1n) is 7.49. The summed E-state index contributed by atoms with van der Waals surface area (Å²) in [6.45, 7) is 11.2. The van der Waals surface area contributed by atoms with Gasteiger partial charge < -0.3 is 9.64 Å². The highest BCUT2D eigenvalue weighted by Crippen LogP contribution is 2.13. The number of nitrogens with zero attached hydrogens (tertiary/aromatic N) is 2. The minimum Gasteiger partial charge on any atom is -0.383 e. The molecule has 4 nitrogen and oxygen atoms in total. The van der Waals surface area contributed by atoms with Crippen molar-refractivity contribution in [3.8, 4) is 6.07 Å². The van der Waals surface area contributed by atoms with Crippen LogP contribution in [0.1, 0.15) is 46.5 Å². The van der Waals surface area contributed by atoms with Crippen molar-refractivity contribution in [1.29, 1.82) is 5.26 Å². The molecule has 0 aromatic carbocycles. The zero-order valence-corrected chi connectivity index (χ0v) is 13.2. The Labute approximate surface area is 119 Å². The molecule has 1 N–H and O–H groups in total. The van der Waals surface area contributed by atoms with Crippen molar-refractivity contribution >= 4 is 0 Å². The molecule has 0 saturated heterocycles. The van der Waals surface area contributed by atoms with E-state index in [1.54, 1.807) is 7.11 Å². The lowest BCUT2D eigenvalue weighted by Crippen LogP contribution is -2.41. The van der Waals surface area contributed by atoms with Gasteiger partial charge in [-0.2, -0.15) is 5.26 Å². The topological polar surface area (TPSA) is 48.3 Å². The van der Waals surface area contributed by atoms with Crippen molar-refractivity contribution < 1.29 is 4.74 Å². The monoisotopic (exact) mass is 269 g/mol. The summed E-state index contributed by atoms with van der Waals surface area (Å²) >= 11 is 0. The molecule has 112 valence electrons. The third-order valence-corrected chi connectivity index (χ3v) is 3.47. The predicted molar refractivity (Wildman–Crippen MR) is 80.2 cm³/mol. The zero-order chi connectivity index (χ0) is 14.6. The Bertz CT molecular complexity index is 252. The van der Waals surface area contributed by atoms with Gasteiger partial charge in [-0.1, -0.05) is 13.8 Å². The van der Waals surface area contributed by atoms with Crippen molar-refractivity contribution in [2.75, 3.05) is 39.9 Å². The van der Waals surface area contributed by atoms with Crippen LogP contribution in [0.3, 0.4) is 0 Å². The summed E-state index contributed by atoms with van der Waals surface area (Å²) in [4.78, 5) is 2.40. The highest BCUT2D eigenvalue weighted by Gasteiger charge is 2.21. The highest BCUT2D eigenvalue weighted by molar-refractivity contribution is 5.03. The molecule has 0 aromatic heterocycles. The van der Waals surface area contributed by atoms with Crippen LogP contribution < -0.4 is 5.32 Å². The maximum absolute atomic E-state index is 9.24. The fraction of sp³-hybridized carbons (Fsp3) is 0.933. The van der Waals surface area contributed by atoms with Crippen LogP contribution in [0.5, 0.6) is 0 Å². The number of unbranched alkanes of at least 4 members (excludes halogenated alkanes) is 1. The molecular weight excluding hydrogens is 238 g/mol. The molecule has 0 aliphatic carbocycles. The quantitative estimate of drug-likeness (QED) is 0.553. The first-order chi connectivity index (χ1) is 9.11. The van der Waals surface area contributed by atoms with Gasteiger partial charge in [0.2, 0.25) is 0 Å². The number of likely N-dealkylation sites (N-methyl/N-ethyl adjacent to an activating group) is 1. The van der Waals surface area contributed by atoms with E-state index in [1.165, 1.54) is 0 Å². The summed E-state index contributed by atoms with van der Waals surface area (Å²) in [5.74, 6) is 0. The molecular formula is C15H31N3O. The summed E-state index contributed by atoms with van der Waals surface area (Å²) < 4.78 is 5.10. The molecule has 0 rings (SSSR count). The van der Waals surface area contributed by atoms with Crippen LogP contribution in [0.4, 0.5) is 0 Å². The largest absolute Gasteiger partial charge is 0.383 e. The standard InChI is InChI=1S/C15H31N3O/c1-5-10-17-15(3,14-16)9-7-8-11-18(6-2)12-13-19-4/h17H,5-13H2,1-4H3. The molecule has 0 spiro atoms. The van der Waals surface area contributed by atoms with Gasteiger partial charge >= 0.3 is 0 Å². The van der Waals surface area contributed by atoms with E-state index in [-0.39, 0.29) is 5.54 Å². The Morgan fingerprint density at radius 1 is 1.26 bits per heavy atom. The third kappa shape index (κ3) is 8.99. The molecule has 19 heavy (non-hydrogen) atoms. The summed E-state index contributed by atoms with van der Waals surface area (Å²) in [6.07, 6.45) is 4.22. The second-order valence-electron chi connectivity index (χ2n) is 5.25. The summed E-state index contributed by atoms with van der Waals surface area (Å²) in [6, 6.07) is 2.40. The molecule has 0 heterocycles. The second-order valence-corrected chi connectivity index (χ2v) is 5.25. The lowest BCUT2D eigenvalue weighted by atomic mass is 9.96. The van der Waals surface area contributed by atoms with E-state index in [0.29, 0.717) is 0 Å². The van der Waals surface area contributed by atoms with Gasteiger partial charge in [-0.05, 0) is 52.2 Å². The number of rotatable bonds is 12. The molecule has 0 amide bonds. The van der Waals surface area contributed by atoms with Crippen LogP contribution in [-0.2, 0) is 4.74 Å². The Morgan fingerprint density at radius 3 is 2.53 bits per heavy atom. The van der Waals surface area contributed by atoms with E-state index >= 15 is 0 Å². The van der Waals surface area contributed by atoms with Gasteiger partial charge in [0.1, 0.15) is 5.54 Å². The van der Waals surface area contributed by atoms with Gasteiger partial charge in [0, 0.05) is 13.7 Å². The summed E-state index contributed by atoms with van der Waals surface area (Å²) in [5.41, 5.74) is -0.362. The number of ether oxygens (including phenoxy) is 1. The number of methoxy groups -OCH3 is 1. The molecule has 1 unspecified atom stereocenters. The van der Waals surface area contributed by atoms with Crippen LogP contribution in [-0.4, -0.2) is 50.3 Å². The van der Waals surface area contributed by atoms with Crippen molar-refractivity contribution in [3.63, 3.8) is 0 Å². The summed E-state index contributed by atoms with van der Waals surface area (Å²) in [5, 5.41) is 12.6. The SMILES string of the molecule is CCCNC(C)(C#N)CCCCN(CC)CCOC. The fourth-order valence-corrected chi connectivity index (χ4v) is 2.05. The first-order valence-corrected chi connectivity index (χ1v) is 7.49. The van der Waals surface area contributed by atoms with E-state index < -0.39 is 0 Å².